The van der Waals surface area contributed by atoms with Gasteiger partial charge in [-0.25, -0.2) is 13.1 Å². The van der Waals surface area contributed by atoms with Crippen molar-refractivity contribution in [2.75, 3.05) is 26.7 Å². The van der Waals surface area contributed by atoms with Crippen molar-refractivity contribution in [3.63, 3.8) is 0 Å². The third-order valence-electron chi connectivity index (χ3n) is 1.89. The third-order valence-corrected chi connectivity index (χ3v) is 5.07. The van der Waals surface area contributed by atoms with Crippen LogP contribution in [-0.4, -0.2) is 41.0 Å². The lowest BCUT2D eigenvalue weighted by atomic mass is 10.5. The molecule has 0 bridgehead atoms. The number of halogens is 2. The van der Waals surface area contributed by atoms with E-state index in [-0.39, 0.29) is 42.2 Å². The first-order valence-corrected chi connectivity index (χ1v) is 7.80. The van der Waals surface area contributed by atoms with Gasteiger partial charge in [0.15, 0.2) is 0 Å². The zero-order valence-electron chi connectivity index (χ0n) is 10.1. The van der Waals surface area contributed by atoms with Crippen molar-refractivity contribution >= 4 is 51.3 Å². The van der Waals surface area contributed by atoms with Gasteiger partial charge in [0.2, 0.25) is 15.9 Å². The first-order chi connectivity index (χ1) is 8.45. The Labute approximate surface area is 127 Å². The molecule has 0 spiro atoms. The van der Waals surface area contributed by atoms with E-state index in [9.17, 15) is 13.2 Å². The van der Waals surface area contributed by atoms with Gasteiger partial charge in [0, 0.05) is 13.1 Å². The molecule has 1 heterocycles. The molecule has 1 rings (SSSR count). The highest BCUT2D eigenvalue weighted by Gasteiger charge is 2.15. The summed E-state index contributed by atoms with van der Waals surface area (Å²) in [6.45, 7) is 0.569. The minimum Gasteiger partial charge on any atom is -0.354 e. The van der Waals surface area contributed by atoms with Crippen molar-refractivity contribution in [2.45, 2.75) is 4.21 Å². The molecule has 19 heavy (non-hydrogen) atoms. The van der Waals surface area contributed by atoms with E-state index in [1.165, 1.54) is 12.1 Å². The fourth-order valence-electron chi connectivity index (χ4n) is 1.12. The average molecular weight is 348 g/mol. The van der Waals surface area contributed by atoms with Crippen molar-refractivity contribution in [3.05, 3.63) is 16.5 Å². The number of amides is 1. The van der Waals surface area contributed by atoms with Gasteiger partial charge in [-0.3, -0.25) is 4.79 Å². The maximum Gasteiger partial charge on any atom is 0.250 e. The number of sulfonamides is 1. The second-order valence-electron chi connectivity index (χ2n) is 3.34. The molecule has 0 unspecified atom stereocenters. The molecule has 0 aliphatic rings. The largest absolute Gasteiger partial charge is 0.354 e. The van der Waals surface area contributed by atoms with Crippen LogP contribution in [-0.2, 0) is 14.8 Å². The molecule has 3 N–H and O–H groups in total. The van der Waals surface area contributed by atoms with Crippen LogP contribution in [0, 0.1) is 0 Å². The summed E-state index contributed by atoms with van der Waals surface area (Å²) in [5, 5.41) is 5.25. The maximum absolute atomic E-state index is 11.7. The number of likely N-dealkylation sites (N-methyl/N-ethyl adjacent to an activating group) is 1. The van der Waals surface area contributed by atoms with E-state index in [4.69, 9.17) is 11.6 Å². The van der Waals surface area contributed by atoms with Gasteiger partial charge in [0.1, 0.15) is 4.21 Å². The number of nitrogens with one attached hydrogen (secondary N) is 3. The molecular formula is C9H15Cl2N3O3S2. The van der Waals surface area contributed by atoms with Crippen LogP contribution in [0.15, 0.2) is 16.3 Å². The molecule has 0 aliphatic carbocycles. The van der Waals surface area contributed by atoms with Crippen LogP contribution in [0.5, 0.6) is 0 Å². The Hall–Kier alpha value is -0.380. The van der Waals surface area contributed by atoms with Crippen molar-refractivity contribution in [3.8, 4) is 0 Å². The molecular weight excluding hydrogens is 333 g/mol. The highest BCUT2D eigenvalue weighted by molar-refractivity contribution is 7.91. The standard InChI is InChI=1S/C9H14ClN3O3S2.ClH/c1-11-6-8(14)12-4-5-13-18(15,16)9-3-2-7(10)17-9;/h2-3,11,13H,4-6H2,1H3,(H,12,14);1H. The highest BCUT2D eigenvalue weighted by atomic mass is 35.5. The topological polar surface area (TPSA) is 87.3 Å². The molecule has 10 heteroatoms. The van der Waals surface area contributed by atoms with E-state index in [0.29, 0.717) is 4.34 Å². The Balaban J connectivity index is 0.00000324. The summed E-state index contributed by atoms with van der Waals surface area (Å²) < 4.78 is 26.4. The van der Waals surface area contributed by atoms with E-state index in [1.807, 2.05) is 0 Å². The predicted octanol–water partition coefficient (Wildman–Crippen LogP) is 0.437. The summed E-state index contributed by atoms with van der Waals surface area (Å²) >= 11 is 6.65. The molecule has 0 saturated carbocycles. The Morgan fingerprint density at radius 1 is 1.37 bits per heavy atom. The monoisotopic (exact) mass is 347 g/mol. The van der Waals surface area contributed by atoms with Gasteiger partial charge >= 0.3 is 0 Å². The van der Waals surface area contributed by atoms with Crippen molar-refractivity contribution in [1.29, 1.82) is 0 Å². The van der Waals surface area contributed by atoms with E-state index in [0.717, 1.165) is 11.3 Å². The first kappa shape index (κ1) is 18.6. The van der Waals surface area contributed by atoms with Crippen LogP contribution in [0.4, 0.5) is 0 Å². The zero-order chi connectivity index (χ0) is 13.6. The van der Waals surface area contributed by atoms with E-state index in [2.05, 4.69) is 15.4 Å². The maximum atomic E-state index is 11.7. The quantitative estimate of drug-likeness (QED) is 0.624. The third kappa shape index (κ3) is 6.55. The fraction of sp³-hybridized carbons (Fsp3) is 0.444. The predicted molar refractivity (Wildman–Crippen MR) is 78.7 cm³/mol. The summed E-state index contributed by atoms with van der Waals surface area (Å²) in [6.07, 6.45) is 0. The second-order valence-corrected chi connectivity index (χ2v) is 7.05. The van der Waals surface area contributed by atoms with E-state index >= 15 is 0 Å². The van der Waals surface area contributed by atoms with E-state index < -0.39 is 10.0 Å². The molecule has 0 saturated heterocycles. The number of carbonyl (C=O) groups is 1. The Morgan fingerprint density at radius 3 is 2.58 bits per heavy atom. The minimum atomic E-state index is -3.53. The summed E-state index contributed by atoms with van der Waals surface area (Å²) in [4.78, 5) is 11.1. The lowest BCUT2D eigenvalue weighted by molar-refractivity contribution is -0.120. The SMILES string of the molecule is CNCC(=O)NCCNS(=O)(=O)c1ccc(Cl)s1.Cl. The fourth-order valence-corrected chi connectivity index (χ4v) is 3.68. The van der Waals surface area contributed by atoms with Gasteiger partial charge in [0.05, 0.1) is 10.9 Å². The number of rotatable bonds is 7. The summed E-state index contributed by atoms with van der Waals surface area (Å²) in [5.41, 5.74) is 0. The molecule has 0 radical (unpaired) electrons. The molecule has 110 valence electrons. The second kappa shape index (κ2) is 8.72. The molecule has 0 fully saturated rings. The summed E-state index contributed by atoms with van der Waals surface area (Å²) in [6, 6.07) is 2.96. The Kier molecular flexibility index (Phi) is 8.55. The summed E-state index contributed by atoms with van der Waals surface area (Å²) in [5.74, 6) is -0.184. The smallest absolute Gasteiger partial charge is 0.250 e. The molecule has 6 nitrogen and oxygen atoms in total. The minimum absolute atomic E-state index is 0. The lowest BCUT2D eigenvalue weighted by Crippen LogP contribution is -2.38. The number of hydrogen-bond donors (Lipinski definition) is 3. The molecule has 1 aromatic heterocycles. The van der Waals surface area contributed by atoms with Crippen LogP contribution in [0.2, 0.25) is 4.34 Å². The van der Waals surface area contributed by atoms with Crippen LogP contribution < -0.4 is 15.4 Å². The highest BCUT2D eigenvalue weighted by Crippen LogP contribution is 2.24. The number of hydrogen-bond acceptors (Lipinski definition) is 5. The Bertz CT molecular complexity index is 505. The Morgan fingerprint density at radius 2 is 2.05 bits per heavy atom. The molecule has 1 amide bonds. The van der Waals surface area contributed by atoms with Gasteiger partial charge in [-0.05, 0) is 19.2 Å². The van der Waals surface area contributed by atoms with Crippen molar-refractivity contribution < 1.29 is 13.2 Å². The van der Waals surface area contributed by atoms with Gasteiger partial charge in [-0.1, -0.05) is 11.6 Å². The van der Waals surface area contributed by atoms with Crippen LogP contribution in [0.25, 0.3) is 0 Å². The van der Waals surface area contributed by atoms with Crippen LogP contribution >= 0.6 is 35.3 Å². The molecule has 0 atom stereocenters. The lowest BCUT2D eigenvalue weighted by Gasteiger charge is -2.06. The number of carbonyl (C=O) groups excluding carboxylic acids is 1. The molecule has 0 aliphatic heterocycles. The van der Waals surface area contributed by atoms with Gasteiger partial charge in [0.25, 0.3) is 0 Å². The van der Waals surface area contributed by atoms with E-state index in [1.54, 1.807) is 7.05 Å². The van der Waals surface area contributed by atoms with Crippen LogP contribution in [0.3, 0.4) is 0 Å². The normalized spacial score (nSPS) is 10.8. The zero-order valence-corrected chi connectivity index (χ0v) is 13.3. The molecule has 1 aromatic rings. The average Bonchev–Trinajstić information content (AvgIpc) is 2.72. The molecule has 0 aromatic carbocycles. The number of thiophene rings is 1. The van der Waals surface area contributed by atoms with Crippen molar-refractivity contribution in [2.24, 2.45) is 0 Å². The first-order valence-electron chi connectivity index (χ1n) is 5.12. The van der Waals surface area contributed by atoms with Crippen LogP contribution in [0.1, 0.15) is 0 Å². The van der Waals surface area contributed by atoms with Gasteiger partial charge < -0.3 is 10.6 Å². The van der Waals surface area contributed by atoms with Gasteiger partial charge in [-0.15, -0.1) is 23.7 Å². The van der Waals surface area contributed by atoms with Gasteiger partial charge in [-0.2, -0.15) is 0 Å². The van der Waals surface area contributed by atoms with Crippen molar-refractivity contribution in [1.82, 2.24) is 15.4 Å². The summed E-state index contributed by atoms with van der Waals surface area (Å²) in [7, 11) is -1.88.